The number of carbonyl (C=O) groups is 1. The van der Waals surface area contributed by atoms with E-state index in [1.165, 1.54) is 31.7 Å². The Morgan fingerprint density at radius 2 is 1.97 bits per heavy atom. The van der Waals surface area contributed by atoms with Crippen molar-refractivity contribution in [2.75, 3.05) is 12.4 Å². The molecule has 4 aromatic rings. The molecule has 1 aliphatic rings. The van der Waals surface area contributed by atoms with Crippen molar-refractivity contribution in [1.29, 1.82) is 0 Å². The number of anilines is 1. The fraction of sp³-hybridized carbons (Fsp3) is 0.320. The number of ether oxygens (including phenoxy) is 1. The van der Waals surface area contributed by atoms with Gasteiger partial charge in [-0.05, 0) is 30.5 Å². The maximum absolute atomic E-state index is 15.0. The van der Waals surface area contributed by atoms with E-state index in [-0.39, 0.29) is 5.56 Å². The predicted molar refractivity (Wildman–Crippen MR) is 126 cm³/mol. The van der Waals surface area contributed by atoms with Crippen molar-refractivity contribution in [1.82, 2.24) is 24.9 Å². The average molecular weight is 461 g/mol. The molecule has 0 saturated heterocycles. The van der Waals surface area contributed by atoms with E-state index in [2.05, 4.69) is 30.2 Å². The first kappa shape index (κ1) is 21.9. The van der Waals surface area contributed by atoms with Gasteiger partial charge in [0.2, 0.25) is 11.8 Å². The zero-order chi connectivity index (χ0) is 23.5. The Kier molecular flexibility index (Phi) is 6.16. The van der Waals surface area contributed by atoms with Crippen molar-refractivity contribution in [3.8, 4) is 5.88 Å². The Labute approximate surface area is 196 Å². The number of methoxy groups -OCH3 is 1. The Hall–Kier alpha value is -3.88. The molecular formula is C25H25FN6O2. The maximum Gasteiger partial charge on any atom is 0.224 e. The number of H-pyrrole nitrogens is 1. The third kappa shape index (κ3) is 4.46. The Morgan fingerprint density at radius 1 is 1.12 bits per heavy atom. The highest BCUT2D eigenvalue weighted by Gasteiger charge is 2.23. The quantitative estimate of drug-likeness (QED) is 0.310. The van der Waals surface area contributed by atoms with Crippen molar-refractivity contribution in [2.24, 2.45) is 0 Å². The van der Waals surface area contributed by atoms with Gasteiger partial charge in [-0.25, -0.2) is 19.9 Å². The summed E-state index contributed by atoms with van der Waals surface area (Å²) in [5.41, 5.74) is 2.13. The van der Waals surface area contributed by atoms with Crippen LogP contribution in [0.25, 0.3) is 11.0 Å². The number of halogens is 1. The first-order valence-electron chi connectivity index (χ1n) is 11.4. The molecule has 1 fully saturated rings. The van der Waals surface area contributed by atoms with Crippen molar-refractivity contribution in [3.63, 3.8) is 0 Å². The monoisotopic (exact) mass is 460 g/mol. The van der Waals surface area contributed by atoms with E-state index in [0.717, 1.165) is 18.4 Å². The first-order chi connectivity index (χ1) is 16.6. The lowest BCUT2D eigenvalue weighted by molar-refractivity contribution is 0.103. The van der Waals surface area contributed by atoms with Crippen LogP contribution in [-0.4, -0.2) is 43.9 Å². The van der Waals surface area contributed by atoms with Gasteiger partial charge in [-0.3, -0.25) is 4.79 Å². The van der Waals surface area contributed by atoms with E-state index in [9.17, 15) is 9.18 Å². The summed E-state index contributed by atoms with van der Waals surface area (Å²) in [6, 6.07) is 7.02. The highest BCUT2D eigenvalue weighted by Crippen LogP contribution is 2.29. The van der Waals surface area contributed by atoms with Gasteiger partial charge in [0.15, 0.2) is 5.78 Å². The topological polar surface area (TPSA) is 106 Å². The second-order valence-corrected chi connectivity index (χ2v) is 8.48. The highest BCUT2D eigenvalue weighted by molar-refractivity contribution is 6.18. The van der Waals surface area contributed by atoms with E-state index < -0.39 is 11.7 Å². The normalized spacial score (nSPS) is 14.3. The number of rotatable bonds is 7. The van der Waals surface area contributed by atoms with Gasteiger partial charge < -0.3 is 15.0 Å². The molecule has 174 valence electrons. The number of nitrogens with one attached hydrogen (secondary N) is 2. The Morgan fingerprint density at radius 3 is 2.71 bits per heavy atom. The highest BCUT2D eigenvalue weighted by atomic mass is 19.1. The molecule has 0 radical (unpaired) electrons. The number of nitrogens with zero attached hydrogens (tertiary/aromatic N) is 4. The van der Waals surface area contributed by atoms with Crippen LogP contribution >= 0.6 is 0 Å². The third-order valence-corrected chi connectivity index (χ3v) is 6.20. The van der Waals surface area contributed by atoms with Gasteiger partial charge in [0, 0.05) is 36.6 Å². The summed E-state index contributed by atoms with van der Waals surface area (Å²) in [4.78, 5) is 33.2. The van der Waals surface area contributed by atoms with E-state index in [1.54, 1.807) is 31.6 Å². The molecule has 0 amide bonds. The molecule has 0 unspecified atom stereocenters. The van der Waals surface area contributed by atoms with Crippen LogP contribution in [0.15, 0.2) is 43.0 Å². The number of pyridine rings is 2. The smallest absolute Gasteiger partial charge is 0.224 e. The number of aromatic amines is 1. The lowest BCUT2D eigenvalue weighted by atomic mass is 9.95. The van der Waals surface area contributed by atoms with Gasteiger partial charge in [0.05, 0.1) is 23.6 Å². The number of aromatic nitrogens is 5. The van der Waals surface area contributed by atoms with Crippen molar-refractivity contribution in [3.05, 3.63) is 71.3 Å². The predicted octanol–water partition coefficient (Wildman–Crippen LogP) is 4.46. The minimum atomic E-state index is -0.808. The second-order valence-electron chi connectivity index (χ2n) is 8.48. The standard InChI is InChI=1S/C25H25FN6O2/c1-34-20-10-7-15(12-27-20)11-17-8-9-18(23(26)31-17)22(33)19-13-28-24-21(19)25(30-14-29-24)32-16-5-3-2-4-6-16/h7-10,12-14,16H,2-6,11H2,1H3,(H2,28,29,30,32). The van der Waals surface area contributed by atoms with Crippen LogP contribution in [0.5, 0.6) is 5.88 Å². The van der Waals surface area contributed by atoms with Gasteiger partial charge in [-0.1, -0.05) is 25.3 Å². The number of carbonyl (C=O) groups excluding carboxylic acids is 1. The van der Waals surface area contributed by atoms with E-state index in [1.807, 2.05) is 6.07 Å². The maximum atomic E-state index is 15.0. The molecule has 34 heavy (non-hydrogen) atoms. The lowest BCUT2D eigenvalue weighted by Gasteiger charge is -2.23. The van der Waals surface area contributed by atoms with Crippen LogP contribution in [0, 0.1) is 5.95 Å². The van der Waals surface area contributed by atoms with Gasteiger partial charge in [-0.2, -0.15) is 4.39 Å². The minimum absolute atomic E-state index is 0.0926. The van der Waals surface area contributed by atoms with E-state index >= 15 is 0 Å². The molecule has 1 aliphatic carbocycles. The molecule has 1 saturated carbocycles. The molecule has 2 N–H and O–H groups in total. The Balaban J connectivity index is 1.41. The first-order valence-corrected chi connectivity index (χ1v) is 11.4. The van der Waals surface area contributed by atoms with Crippen LogP contribution in [-0.2, 0) is 6.42 Å². The van der Waals surface area contributed by atoms with Gasteiger partial charge in [0.25, 0.3) is 0 Å². The molecule has 4 heterocycles. The molecule has 9 heteroatoms. The fourth-order valence-electron chi connectivity index (χ4n) is 4.42. The average Bonchev–Trinajstić information content (AvgIpc) is 3.30. The molecule has 4 aromatic heterocycles. The van der Waals surface area contributed by atoms with Crippen LogP contribution in [0.2, 0.25) is 0 Å². The summed E-state index contributed by atoms with van der Waals surface area (Å²) >= 11 is 0. The molecule has 0 aromatic carbocycles. The number of hydrogen-bond donors (Lipinski definition) is 2. The number of hydrogen-bond acceptors (Lipinski definition) is 7. The van der Waals surface area contributed by atoms with Crippen LogP contribution in [0.1, 0.15) is 59.3 Å². The fourth-order valence-corrected chi connectivity index (χ4v) is 4.42. The molecule has 5 rings (SSSR count). The number of ketones is 1. The third-order valence-electron chi connectivity index (χ3n) is 6.20. The summed E-state index contributed by atoms with van der Waals surface area (Å²) in [6.45, 7) is 0. The van der Waals surface area contributed by atoms with Crippen molar-refractivity contribution >= 4 is 22.6 Å². The molecule has 0 atom stereocenters. The SMILES string of the molecule is COc1ccc(Cc2ccc(C(=O)c3c[nH]c4ncnc(NC5CCCCC5)c34)c(F)n2)cn1. The van der Waals surface area contributed by atoms with Crippen molar-refractivity contribution in [2.45, 2.75) is 44.6 Å². The summed E-state index contributed by atoms with van der Waals surface area (Å²) in [7, 11) is 1.55. The Bertz CT molecular complexity index is 1310. The van der Waals surface area contributed by atoms with E-state index in [0.29, 0.717) is 46.5 Å². The minimum Gasteiger partial charge on any atom is -0.481 e. The molecule has 0 aliphatic heterocycles. The molecule has 0 spiro atoms. The molecular weight excluding hydrogens is 435 g/mol. The van der Waals surface area contributed by atoms with Crippen LogP contribution < -0.4 is 10.1 Å². The summed E-state index contributed by atoms with van der Waals surface area (Å²) in [5, 5.41) is 4.04. The van der Waals surface area contributed by atoms with E-state index in [4.69, 9.17) is 4.74 Å². The van der Waals surface area contributed by atoms with Crippen molar-refractivity contribution < 1.29 is 13.9 Å². The van der Waals surface area contributed by atoms with Gasteiger partial charge in [0.1, 0.15) is 17.8 Å². The van der Waals surface area contributed by atoms with Crippen LogP contribution in [0.3, 0.4) is 0 Å². The van der Waals surface area contributed by atoms with Crippen LogP contribution in [0.4, 0.5) is 10.2 Å². The largest absolute Gasteiger partial charge is 0.481 e. The van der Waals surface area contributed by atoms with Gasteiger partial charge in [-0.15, -0.1) is 0 Å². The molecule has 0 bridgehead atoms. The lowest BCUT2D eigenvalue weighted by Crippen LogP contribution is -2.23. The summed E-state index contributed by atoms with van der Waals surface area (Å²) in [6.07, 6.45) is 10.8. The number of fused-ring (bicyclic) bond motifs is 1. The summed E-state index contributed by atoms with van der Waals surface area (Å²) in [5.74, 6) is -0.172. The second kappa shape index (κ2) is 9.54. The molecule has 8 nitrogen and oxygen atoms in total. The zero-order valence-electron chi connectivity index (χ0n) is 18.8. The van der Waals surface area contributed by atoms with Gasteiger partial charge >= 0.3 is 0 Å². The summed E-state index contributed by atoms with van der Waals surface area (Å²) < 4.78 is 20.0. The zero-order valence-corrected chi connectivity index (χ0v) is 18.8.